The van der Waals surface area contributed by atoms with Gasteiger partial charge in [0.2, 0.25) is 5.91 Å². The van der Waals surface area contributed by atoms with Crippen LogP contribution in [0.4, 0.5) is 16.2 Å². The van der Waals surface area contributed by atoms with E-state index in [9.17, 15) is 34.4 Å². The smallest absolute Gasteiger partial charge is 0.417 e. The molecule has 4 aromatic rings. The summed E-state index contributed by atoms with van der Waals surface area (Å²) in [6, 6.07) is 23.2. The molecule has 1 aromatic heterocycles. The van der Waals surface area contributed by atoms with Crippen LogP contribution >= 0.6 is 0 Å². The topological polar surface area (TPSA) is 181 Å². The number of benzene rings is 3. The van der Waals surface area contributed by atoms with Crippen molar-refractivity contribution in [2.24, 2.45) is 4.99 Å². The number of carboxylic acids is 1. The SMILES string of the molecule is CC(=N[C@H](C(=O)O)[C@H](CC(=O)N1C(=O)OC[C@@H]1c1ccccc1)c1ccc([N+](=O)[O-])cc1)c1ccccc1NC(=O)c1ccccn1. The number of imide groups is 1. The normalized spacial score (nSPS) is 15.8. The van der Waals surface area contributed by atoms with E-state index in [1.54, 1.807) is 79.7 Å². The number of para-hydroxylation sites is 1. The summed E-state index contributed by atoms with van der Waals surface area (Å²) in [5.74, 6) is -3.72. The molecule has 0 unspecified atom stereocenters. The largest absolute Gasteiger partial charge is 0.480 e. The number of pyridine rings is 1. The van der Waals surface area contributed by atoms with Crippen molar-refractivity contribution in [2.45, 2.75) is 31.3 Å². The van der Waals surface area contributed by atoms with Crippen LogP contribution in [0.25, 0.3) is 0 Å². The Balaban J connectivity index is 1.51. The molecule has 47 heavy (non-hydrogen) atoms. The zero-order valence-electron chi connectivity index (χ0n) is 25.1. The van der Waals surface area contributed by atoms with Crippen LogP contribution in [0.5, 0.6) is 0 Å². The van der Waals surface area contributed by atoms with Gasteiger partial charge in [0, 0.05) is 41.9 Å². The van der Waals surface area contributed by atoms with E-state index in [2.05, 4.69) is 15.3 Å². The fourth-order valence-corrected chi connectivity index (χ4v) is 5.35. The average Bonchev–Trinajstić information content (AvgIpc) is 3.48. The number of cyclic esters (lactones) is 1. The Kier molecular flexibility index (Phi) is 9.75. The Morgan fingerprint density at radius 1 is 1.02 bits per heavy atom. The number of carbonyl (C=O) groups is 4. The number of nitrogens with one attached hydrogen (secondary N) is 1. The zero-order valence-corrected chi connectivity index (χ0v) is 25.1. The van der Waals surface area contributed by atoms with Gasteiger partial charge < -0.3 is 15.2 Å². The first-order valence-electron chi connectivity index (χ1n) is 14.5. The molecular formula is C34H29N5O8. The van der Waals surface area contributed by atoms with E-state index in [0.29, 0.717) is 16.8 Å². The predicted molar refractivity (Wildman–Crippen MR) is 170 cm³/mol. The molecule has 1 aliphatic rings. The maximum absolute atomic E-state index is 13.8. The minimum Gasteiger partial charge on any atom is -0.480 e. The highest BCUT2D eigenvalue weighted by molar-refractivity contribution is 6.10. The number of anilines is 1. The number of ether oxygens (including phenoxy) is 1. The molecule has 3 amide bonds. The van der Waals surface area contributed by atoms with Crippen LogP contribution < -0.4 is 5.32 Å². The monoisotopic (exact) mass is 635 g/mol. The van der Waals surface area contributed by atoms with Gasteiger partial charge in [0.15, 0.2) is 6.04 Å². The van der Waals surface area contributed by atoms with Crippen LogP contribution in [0.2, 0.25) is 0 Å². The first-order chi connectivity index (χ1) is 22.6. The van der Waals surface area contributed by atoms with Crippen LogP contribution in [0.3, 0.4) is 0 Å². The molecule has 13 nitrogen and oxygen atoms in total. The Morgan fingerprint density at radius 2 is 1.70 bits per heavy atom. The number of rotatable bonds is 11. The molecule has 3 atom stereocenters. The van der Waals surface area contributed by atoms with Crippen molar-refractivity contribution in [3.8, 4) is 0 Å². The lowest BCUT2D eigenvalue weighted by Crippen LogP contribution is -2.38. The van der Waals surface area contributed by atoms with E-state index in [1.165, 1.54) is 30.5 Å². The summed E-state index contributed by atoms with van der Waals surface area (Å²) in [6.07, 6.45) is 0.131. The van der Waals surface area contributed by atoms with Gasteiger partial charge >= 0.3 is 12.1 Å². The van der Waals surface area contributed by atoms with Gasteiger partial charge in [0.25, 0.3) is 11.6 Å². The highest BCUT2D eigenvalue weighted by atomic mass is 16.6. The number of carboxylic acid groups (broad SMARTS) is 1. The van der Waals surface area contributed by atoms with Crippen molar-refractivity contribution in [3.63, 3.8) is 0 Å². The van der Waals surface area contributed by atoms with Gasteiger partial charge in [-0.2, -0.15) is 0 Å². The third-order valence-electron chi connectivity index (χ3n) is 7.68. The summed E-state index contributed by atoms with van der Waals surface area (Å²) in [4.78, 5) is 72.5. The molecule has 1 saturated heterocycles. The van der Waals surface area contributed by atoms with E-state index in [1.807, 2.05) is 0 Å². The lowest BCUT2D eigenvalue weighted by atomic mass is 9.87. The molecule has 2 heterocycles. The third-order valence-corrected chi connectivity index (χ3v) is 7.68. The van der Waals surface area contributed by atoms with E-state index in [4.69, 9.17) is 4.74 Å². The number of amides is 3. The van der Waals surface area contributed by atoms with Crippen LogP contribution in [-0.4, -0.2) is 62.2 Å². The van der Waals surface area contributed by atoms with Gasteiger partial charge in [-0.05, 0) is 36.2 Å². The van der Waals surface area contributed by atoms with Crippen molar-refractivity contribution in [1.82, 2.24) is 9.88 Å². The zero-order chi connectivity index (χ0) is 33.5. The van der Waals surface area contributed by atoms with Gasteiger partial charge in [-0.1, -0.05) is 66.7 Å². The van der Waals surface area contributed by atoms with Crippen LogP contribution in [0.1, 0.15) is 52.5 Å². The predicted octanol–water partition coefficient (Wildman–Crippen LogP) is 5.40. The molecule has 0 radical (unpaired) electrons. The number of nitrogens with zero attached hydrogens (tertiary/aromatic N) is 4. The molecule has 0 saturated carbocycles. The molecule has 0 bridgehead atoms. The second-order valence-electron chi connectivity index (χ2n) is 10.6. The maximum Gasteiger partial charge on any atom is 0.417 e. The highest BCUT2D eigenvalue weighted by Gasteiger charge is 2.41. The van der Waals surface area contributed by atoms with E-state index in [-0.39, 0.29) is 29.3 Å². The lowest BCUT2D eigenvalue weighted by Gasteiger charge is -2.26. The van der Waals surface area contributed by atoms with Crippen molar-refractivity contribution in [1.29, 1.82) is 0 Å². The number of nitro benzene ring substituents is 1. The minimum atomic E-state index is -1.58. The van der Waals surface area contributed by atoms with Gasteiger partial charge in [0.05, 0.1) is 10.6 Å². The Labute approximate surface area is 268 Å². The molecule has 3 aromatic carbocycles. The standard InChI is InChI=1S/C34H29N5O8/c1-21(25-11-5-6-12-27(25)37-32(41)28-13-7-8-18-35-28)36-31(33(42)43)26(22-14-16-24(17-15-22)39(45)46)19-30(40)38-29(20-47-34(38)44)23-9-3-2-4-10-23/h2-18,26,29,31H,19-20H2,1H3,(H,37,41)(H,42,43)/t26-,29-,31+/m1/s1. The lowest BCUT2D eigenvalue weighted by molar-refractivity contribution is -0.384. The Bertz CT molecular complexity index is 1830. The van der Waals surface area contributed by atoms with Gasteiger partial charge in [0.1, 0.15) is 18.3 Å². The quantitative estimate of drug-likeness (QED) is 0.124. The van der Waals surface area contributed by atoms with Gasteiger partial charge in [-0.25, -0.2) is 14.5 Å². The number of hydrogen-bond donors (Lipinski definition) is 2. The molecule has 0 spiro atoms. The summed E-state index contributed by atoms with van der Waals surface area (Å²) in [5, 5.41) is 24.6. The molecule has 238 valence electrons. The van der Waals surface area contributed by atoms with E-state index < -0.39 is 53.2 Å². The molecule has 5 rings (SSSR count). The summed E-state index contributed by atoms with van der Waals surface area (Å²) in [6.45, 7) is 1.50. The number of aliphatic imine (C=N–C) groups is 1. The molecule has 0 aliphatic carbocycles. The molecule has 1 fully saturated rings. The van der Waals surface area contributed by atoms with Crippen molar-refractivity contribution < 1.29 is 33.9 Å². The average molecular weight is 636 g/mol. The van der Waals surface area contributed by atoms with Gasteiger partial charge in [-0.15, -0.1) is 0 Å². The van der Waals surface area contributed by atoms with Crippen LogP contribution in [0.15, 0.2) is 108 Å². The summed E-state index contributed by atoms with van der Waals surface area (Å²) < 4.78 is 5.20. The number of hydrogen-bond acceptors (Lipinski definition) is 9. The number of aromatic nitrogens is 1. The fraction of sp³-hybridized carbons (Fsp3) is 0.176. The minimum absolute atomic E-state index is 0.0720. The van der Waals surface area contributed by atoms with Crippen molar-refractivity contribution >= 4 is 41.0 Å². The number of aliphatic carboxylic acids is 1. The number of nitro groups is 1. The van der Waals surface area contributed by atoms with Crippen molar-refractivity contribution in [3.05, 3.63) is 136 Å². The third kappa shape index (κ3) is 7.36. The van der Waals surface area contributed by atoms with E-state index >= 15 is 0 Å². The first-order valence-corrected chi connectivity index (χ1v) is 14.5. The van der Waals surface area contributed by atoms with Crippen LogP contribution in [-0.2, 0) is 14.3 Å². The van der Waals surface area contributed by atoms with Gasteiger partial charge in [-0.3, -0.25) is 29.7 Å². The number of non-ortho nitro benzene ring substituents is 1. The summed E-state index contributed by atoms with van der Waals surface area (Å²) >= 11 is 0. The fourth-order valence-electron chi connectivity index (χ4n) is 5.35. The Morgan fingerprint density at radius 3 is 2.36 bits per heavy atom. The number of carbonyl (C=O) groups excluding carboxylic acids is 3. The van der Waals surface area contributed by atoms with Crippen LogP contribution in [0, 0.1) is 10.1 Å². The summed E-state index contributed by atoms with van der Waals surface area (Å²) in [5.41, 5.74) is 1.89. The Hall–Kier alpha value is -6.24. The first kappa shape index (κ1) is 32.2. The summed E-state index contributed by atoms with van der Waals surface area (Å²) in [7, 11) is 0. The highest BCUT2D eigenvalue weighted by Crippen LogP contribution is 2.34. The molecular weight excluding hydrogens is 606 g/mol. The molecule has 1 aliphatic heterocycles. The molecule has 2 N–H and O–H groups in total. The van der Waals surface area contributed by atoms with Crippen molar-refractivity contribution in [2.75, 3.05) is 11.9 Å². The second kappa shape index (κ2) is 14.2. The molecule has 13 heteroatoms. The van der Waals surface area contributed by atoms with E-state index in [0.717, 1.165) is 4.90 Å². The second-order valence-corrected chi connectivity index (χ2v) is 10.6. The maximum atomic E-state index is 13.8.